The van der Waals surface area contributed by atoms with E-state index in [-0.39, 0.29) is 11.9 Å². The molecule has 146 valence electrons. The molecule has 0 atom stereocenters. The van der Waals surface area contributed by atoms with E-state index in [1.54, 1.807) is 14.1 Å². The van der Waals surface area contributed by atoms with E-state index < -0.39 is 0 Å². The van der Waals surface area contributed by atoms with Gasteiger partial charge in [-0.15, -0.1) is 0 Å². The number of nitriles is 2. The molecule has 1 aromatic heterocycles. The number of nitrogens with zero attached hydrogens (tertiary/aromatic N) is 6. The Kier molecular flexibility index (Phi) is 9.62. The molecule has 1 rings (SSSR count). The summed E-state index contributed by atoms with van der Waals surface area (Å²) < 4.78 is 0. The summed E-state index contributed by atoms with van der Waals surface area (Å²) in [5.41, 5.74) is 0. The van der Waals surface area contributed by atoms with Gasteiger partial charge in [-0.2, -0.15) is 15.6 Å². The molecule has 0 bridgehead atoms. The summed E-state index contributed by atoms with van der Waals surface area (Å²) in [5, 5.41) is 51.3. The number of guanidine groups is 2. The number of aromatic amines is 1. The van der Waals surface area contributed by atoms with Crippen LogP contribution in [-0.4, -0.2) is 77.2 Å². The third kappa shape index (κ3) is 7.55. The maximum absolute atomic E-state index is 8.94. The maximum Gasteiger partial charge on any atom is 0.204 e. The zero-order chi connectivity index (χ0) is 20.1. The highest BCUT2D eigenvalue weighted by Gasteiger charge is 2.08. The first-order chi connectivity index (χ1) is 13.0. The number of nitrogens with one attached hydrogen (secondary N) is 7. The van der Waals surface area contributed by atoms with E-state index in [0.29, 0.717) is 50.9 Å². The summed E-state index contributed by atoms with van der Waals surface area (Å²) in [6.07, 6.45) is 3.86. The largest absolute Gasteiger partial charge is 0.359 e. The van der Waals surface area contributed by atoms with E-state index in [0.717, 1.165) is 0 Å². The van der Waals surface area contributed by atoms with Crippen LogP contribution in [0.2, 0.25) is 0 Å². The average Bonchev–Trinajstić information content (AvgIpc) is 3.14. The molecule has 0 saturated heterocycles. The average molecular weight is 375 g/mol. The molecular formula is C14H25N13. The summed E-state index contributed by atoms with van der Waals surface area (Å²) in [6.45, 7) is 2.64. The lowest BCUT2D eigenvalue weighted by Crippen LogP contribution is -2.39. The van der Waals surface area contributed by atoms with Gasteiger partial charge in [-0.05, 0) is 0 Å². The minimum Gasteiger partial charge on any atom is -0.359 e. The molecule has 0 radical (unpaired) electrons. The summed E-state index contributed by atoms with van der Waals surface area (Å²) in [6, 6.07) is 0. The van der Waals surface area contributed by atoms with Crippen LogP contribution in [-0.2, 0) is 13.1 Å². The molecule has 7 N–H and O–H groups in total. The van der Waals surface area contributed by atoms with Gasteiger partial charge in [0.25, 0.3) is 0 Å². The normalized spacial score (nSPS) is 9.78. The third-order valence-electron chi connectivity index (χ3n) is 3.43. The topological polar surface area (TPSA) is 191 Å². The quantitative estimate of drug-likeness (QED) is 0.0780. The molecule has 0 saturated carbocycles. The number of H-pyrrole nitrogens is 1. The molecule has 0 aliphatic heterocycles. The van der Waals surface area contributed by atoms with Crippen molar-refractivity contribution in [3.63, 3.8) is 0 Å². The fourth-order valence-corrected chi connectivity index (χ4v) is 1.98. The van der Waals surface area contributed by atoms with Crippen molar-refractivity contribution in [2.24, 2.45) is 0 Å². The van der Waals surface area contributed by atoms with Gasteiger partial charge in [-0.25, -0.2) is 14.8 Å². The van der Waals surface area contributed by atoms with Crippen molar-refractivity contribution < 1.29 is 0 Å². The van der Waals surface area contributed by atoms with Crippen LogP contribution >= 0.6 is 0 Å². The first-order valence-corrected chi connectivity index (χ1v) is 8.24. The second-order valence-corrected chi connectivity index (χ2v) is 5.25. The predicted octanol–water partition coefficient (Wildman–Crippen LogP) is -2.14. The Bertz CT molecular complexity index is 625. The molecule has 0 fully saturated rings. The molecular weight excluding hydrogens is 350 g/mol. The Labute approximate surface area is 157 Å². The van der Waals surface area contributed by atoms with Crippen molar-refractivity contribution in [3.05, 3.63) is 11.6 Å². The molecule has 0 spiro atoms. The van der Waals surface area contributed by atoms with Gasteiger partial charge < -0.3 is 21.3 Å². The highest BCUT2D eigenvalue weighted by molar-refractivity contribution is 5.78. The van der Waals surface area contributed by atoms with Gasteiger partial charge >= 0.3 is 0 Å². The molecule has 13 heteroatoms. The Hall–Kier alpha value is -3.42. The molecule has 0 amide bonds. The van der Waals surface area contributed by atoms with Crippen LogP contribution in [0.3, 0.4) is 0 Å². The second-order valence-electron chi connectivity index (χ2n) is 5.25. The molecule has 0 aliphatic carbocycles. The SMILES string of the molecule is CNC(=N)N(C#N)CCNCc1n[nH]c(CNCCN(C#N)C(=N)NC)n1. The van der Waals surface area contributed by atoms with Gasteiger partial charge in [0, 0.05) is 40.3 Å². The smallest absolute Gasteiger partial charge is 0.204 e. The molecule has 0 unspecified atom stereocenters. The standard InChI is InChI=1S/C14H25N13/c1-19-13(17)26(9-15)5-3-21-7-11-23-12(25-24-11)8-22-4-6-27(10-16)14(18)20-2/h21-22H,3-8H2,1-2H3,(H2,17,19)(H2,18,20)(H,23,24,25). The number of rotatable bonds is 10. The van der Waals surface area contributed by atoms with E-state index >= 15 is 0 Å². The Morgan fingerprint density at radius 3 is 2.00 bits per heavy atom. The lowest BCUT2D eigenvalue weighted by atomic mass is 10.5. The van der Waals surface area contributed by atoms with Crippen LogP contribution in [0.1, 0.15) is 11.6 Å². The predicted molar refractivity (Wildman–Crippen MR) is 98.0 cm³/mol. The van der Waals surface area contributed by atoms with E-state index in [1.165, 1.54) is 9.80 Å². The van der Waals surface area contributed by atoms with Crippen molar-refractivity contribution in [2.75, 3.05) is 40.3 Å². The third-order valence-corrected chi connectivity index (χ3v) is 3.43. The highest BCUT2D eigenvalue weighted by Crippen LogP contribution is 1.93. The van der Waals surface area contributed by atoms with Gasteiger partial charge in [0.15, 0.2) is 18.2 Å². The summed E-state index contributed by atoms with van der Waals surface area (Å²) in [7, 11) is 3.18. The van der Waals surface area contributed by atoms with Gasteiger partial charge in [0.2, 0.25) is 11.9 Å². The monoisotopic (exact) mass is 375 g/mol. The van der Waals surface area contributed by atoms with Gasteiger partial charge in [-0.3, -0.25) is 15.9 Å². The van der Waals surface area contributed by atoms with E-state index in [1.807, 2.05) is 12.4 Å². The van der Waals surface area contributed by atoms with Crippen molar-refractivity contribution >= 4 is 11.9 Å². The summed E-state index contributed by atoms with van der Waals surface area (Å²) in [5.74, 6) is 1.35. The molecule has 0 aliphatic rings. The van der Waals surface area contributed by atoms with Gasteiger partial charge in [0.05, 0.1) is 13.1 Å². The van der Waals surface area contributed by atoms with Crippen molar-refractivity contribution in [1.82, 2.24) is 46.2 Å². The second kappa shape index (κ2) is 12.0. The maximum atomic E-state index is 8.94. The zero-order valence-electron chi connectivity index (χ0n) is 15.4. The van der Waals surface area contributed by atoms with Crippen LogP contribution in [0.4, 0.5) is 0 Å². The lowest BCUT2D eigenvalue weighted by molar-refractivity contribution is 0.511. The Morgan fingerprint density at radius 2 is 1.52 bits per heavy atom. The van der Waals surface area contributed by atoms with E-state index in [2.05, 4.69) is 36.4 Å². The Balaban J connectivity index is 2.26. The summed E-state index contributed by atoms with van der Waals surface area (Å²) in [4.78, 5) is 6.80. The van der Waals surface area contributed by atoms with Crippen molar-refractivity contribution in [1.29, 1.82) is 21.3 Å². The molecule has 1 aromatic rings. The fourth-order valence-electron chi connectivity index (χ4n) is 1.98. The van der Waals surface area contributed by atoms with Crippen LogP contribution in [0.5, 0.6) is 0 Å². The van der Waals surface area contributed by atoms with Gasteiger partial charge in [-0.1, -0.05) is 0 Å². The van der Waals surface area contributed by atoms with E-state index in [9.17, 15) is 0 Å². The number of hydrogen-bond acceptors (Lipinski definition) is 8. The first-order valence-electron chi connectivity index (χ1n) is 8.24. The minimum absolute atomic E-state index is 0.0466. The minimum atomic E-state index is 0.0466. The highest BCUT2D eigenvalue weighted by atomic mass is 15.3. The molecule has 0 aromatic carbocycles. The molecule has 13 nitrogen and oxygen atoms in total. The molecule has 27 heavy (non-hydrogen) atoms. The molecule has 1 heterocycles. The van der Waals surface area contributed by atoms with E-state index in [4.69, 9.17) is 21.3 Å². The fraction of sp³-hybridized carbons (Fsp3) is 0.571. The van der Waals surface area contributed by atoms with Crippen molar-refractivity contribution in [3.8, 4) is 12.4 Å². The summed E-state index contributed by atoms with van der Waals surface area (Å²) >= 11 is 0. The Morgan fingerprint density at radius 1 is 1.00 bits per heavy atom. The zero-order valence-corrected chi connectivity index (χ0v) is 15.4. The van der Waals surface area contributed by atoms with Crippen LogP contribution in [0.25, 0.3) is 0 Å². The number of hydrogen-bond donors (Lipinski definition) is 7. The van der Waals surface area contributed by atoms with Crippen LogP contribution < -0.4 is 21.3 Å². The van der Waals surface area contributed by atoms with Crippen LogP contribution in [0, 0.1) is 33.7 Å². The van der Waals surface area contributed by atoms with Crippen molar-refractivity contribution in [2.45, 2.75) is 13.1 Å². The lowest BCUT2D eigenvalue weighted by Gasteiger charge is -2.15. The van der Waals surface area contributed by atoms with Crippen LogP contribution in [0.15, 0.2) is 0 Å². The van der Waals surface area contributed by atoms with Gasteiger partial charge in [0.1, 0.15) is 5.82 Å². The first kappa shape index (κ1) is 21.6. The number of aromatic nitrogens is 3.